The van der Waals surface area contributed by atoms with Crippen molar-refractivity contribution in [3.05, 3.63) is 36.5 Å². The molecule has 0 bridgehead atoms. The van der Waals surface area contributed by atoms with E-state index in [0.717, 1.165) is 0 Å². The zero-order valence-corrected chi connectivity index (χ0v) is 12.7. The van der Waals surface area contributed by atoms with Crippen LogP contribution in [0.15, 0.2) is 41.4 Å². The van der Waals surface area contributed by atoms with E-state index in [4.69, 9.17) is 0 Å². The van der Waals surface area contributed by atoms with Crippen molar-refractivity contribution in [3.8, 4) is 0 Å². The average Bonchev–Trinajstić information content (AvgIpc) is 2.45. The highest BCUT2D eigenvalue weighted by molar-refractivity contribution is 7.89. The smallest absolute Gasteiger partial charge is 0.243 e. The molecule has 1 unspecified atom stereocenters. The number of β-amino-alcohol motifs (C(OH)–C–C–N with tert-alkyl or cyclic N) is 1. The monoisotopic (exact) mass is 306 g/mol. The van der Waals surface area contributed by atoms with E-state index in [1.807, 2.05) is 0 Å². The molecule has 0 spiro atoms. The summed E-state index contributed by atoms with van der Waals surface area (Å²) in [4.78, 5) is 4.45. The van der Waals surface area contributed by atoms with Crippen molar-refractivity contribution >= 4 is 20.9 Å². The van der Waals surface area contributed by atoms with Crippen molar-refractivity contribution in [3.63, 3.8) is 0 Å². The van der Waals surface area contributed by atoms with Gasteiger partial charge in [-0.05, 0) is 44.0 Å². The van der Waals surface area contributed by atoms with Crippen LogP contribution in [0.1, 0.15) is 19.8 Å². The summed E-state index contributed by atoms with van der Waals surface area (Å²) in [5.74, 6) is 0. The van der Waals surface area contributed by atoms with Gasteiger partial charge in [0.05, 0.1) is 16.0 Å². The summed E-state index contributed by atoms with van der Waals surface area (Å²) < 4.78 is 27.1. The fourth-order valence-corrected chi connectivity index (χ4v) is 4.62. The van der Waals surface area contributed by atoms with Crippen LogP contribution in [0, 0.1) is 0 Å². The van der Waals surface area contributed by atoms with Gasteiger partial charge in [-0.15, -0.1) is 0 Å². The van der Waals surface area contributed by atoms with E-state index in [9.17, 15) is 13.5 Å². The van der Waals surface area contributed by atoms with Gasteiger partial charge in [0.1, 0.15) is 0 Å². The zero-order valence-electron chi connectivity index (χ0n) is 11.9. The number of piperidine rings is 1. The minimum absolute atomic E-state index is 0.131. The van der Waals surface area contributed by atoms with Crippen LogP contribution in [0.25, 0.3) is 10.9 Å². The zero-order chi connectivity index (χ0) is 15.1. The Labute approximate surface area is 124 Å². The molecular weight excluding hydrogens is 288 g/mol. The molecule has 0 radical (unpaired) electrons. The Morgan fingerprint density at radius 1 is 1.29 bits per heavy atom. The van der Waals surface area contributed by atoms with E-state index in [2.05, 4.69) is 4.98 Å². The third-order valence-electron chi connectivity index (χ3n) is 3.86. The van der Waals surface area contributed by atoms with Gasteiger partial charge in [-0.2, -0.15) is 4.31 Å². The van der Waals surface area contributed by atoms with E-state index in [1.165, 1.54) is 4.31 Å². The van der Waals surface area contributed by atoms with Gasteiger partial charge >= 0.3 is 0 Å². The van der Waals surface area contributed by atoms with Crippen LogP contribution in [-0.4, -0.2) is 41.5 Å². The maximum Gasteiger partial charge on any atom is 0.243 e. The normalized spacial score (nSPS) is 24.3. The van der Waals surface area contributed by atoms with Gasteiger partial charge in [0.15, 0.2) is 0 Å². The second-order valence-electron chi connectivity index (χ2n) is 5.77. The molecule has 1 aromatic heterocycles. The summed E-state index contributed by atoms with van der Waals surface area (Å²) in [5.41, 5.74) is -0.309. The number of hydrogen-bond donors (Lipinski definition) is 1. The lowest BCUT2D eigenvalue weighted by molar-refractivity contribution is 0.00942. The van der Waals surface area contributed by atoms with Crippen molar-refractivity contribution in [1.82, 2.24) is 9.29 Å². The van der Waals surface area contributed by atoms with Gasteiger partial charge in [-0.25, -0.2) is 8.42 Å². The molecule has 1 saturated heterocycles. The van der Waals surface area contributed by atoms with Crippen LogP contribution in [0.4, 0.5) is 0 Å². The van der Waals surface area contributed by atoms with Gasteiger partial charge in [0.25, 0.3) is 0 Å². The molecule has 5 nitrogen and oxygen atoms in total. The standard InChI is InChI=1S/C15H18N2O3S/c1-15(18)8-4-10-17(11-15)21(19,20)14-7-2-6-13-12(14)5-3-9-16-13/h2-3,5-7,9,18H,4,8,10-11H2,1H3. The lowest BCUT2D eigenvalue weighted by atomic mass is 9.97. The number of sulfonamides is 1. The average molecular weight is 306 g/mol. The van der Waals surface area contributed by atoms with Crippen molar-refractivity contribution in [2.24, 2.45) is 0 Å². The molecular formula is C15H18N2O3S. The number of aliphatic hydroxyl groups is 1. The SMILES string of the molecule is CC1(O)CCCN(S(=O)(=O)c2cccc3ncccc23)C1. The van der Waals surface area contributed by atoms with Crippen molar-refractivity contribution < 1.29 is 13.5 Å². The van der Waals surface area contributed by atoms with Crippen molar-refractivity contribution in [2.75, 3.05) is 13.1 Å². The molecule has 0 amide bonds. The van der Waals surface area contributed by atoms with E-state index >= 15 is 0 Å². The highest BCUT2D eigenvalue weighted by Gasteiger charge is 2.36. The first-order valence-corrected chi connectivity index (χ1v) is 8.40. The Kier molecular flexibility index (Phi) is 3.47. The number of fused-ring (bicyclic) bond motifs is 1. The minimum atomic E-state index is -3.63. The quantitative estimate of drug-likeness (QED) is 0.918. The number of hydrogen-bond acceptors (Lipinski definition) is 4. The Morgan fingerprint density at radius 2 is 2.10 bits per heavy atom. The molecule has 1 aliphatic rings. The van der Waals surface area contributed by atoms with E-state index in [0.29, 0.717) is 30.3 Å². The molecule has 21 heavy (non-hydrogen) atoms. The summed E-state index contributed by atoms with van der Waals surface area (Å²) in [6.45, 7) is 2.25. The summed E-state index contributed by atoms with van der Waals surface area (Å²) in [7, 11) is -3.63. The molecule has 2 heterocycles. The van der Waals surface area contributed by atoms with Crippen molar-refractivity contribution in [2.45, 2.75) is 30.3 Å². The summed E-state index contributed by atoms with van der Waals surface area (Å²) in [6, 6.07) is 8.58. The number of rotatable bonds is 2. The van der Waals surface area contributed by atoms with Gasteiger partial charge in [0.2, 0.25) is 10.0 Å². The second kappa shape index (κ2) is 5.05. The first-order chi connectivity index (χ1) is 9.90. The Hall–Kier alpha value is -1.50. The molecule has 1 fully saturated rings. The predicted octanol–water partition coefficient (Wildman–Crippen LogP) is 1.77. The third-order valence-corrected chi connectivity index (χ3v) is 5.77. The third kappa shape index (κ3) is 2.66. The molecule has 6 heteroatoms. The molecule has 2 aromatic rings. The Morgan fingerprint density at radius 3 is 2.86 bits per heavy atom. The number of pyridine rings is 1. The molecule has 1 N–H and O–H groups in total. The molecule has 0 saturated carbocycles. The van der Waals surface area contributed by atoms with Crippen LogP contribution in [0.3, 0.4) is 0 Å². The molecule has 1 aromatic carbocycles. The van der Waals surface area contributed by atoms with Gasteiger partial charge in [0, 0.05) is 24.7 Å². The van der Waals surface area contributed by atoms with Crippen LogP contribution in [-0.2, 0) is 10.0 Å². The second-order valence-corrected chi connectivity index (χ2v) is 7.67. The van der Waals surface area contributed by atoms with E-state index in [-0.39, 0.29) is 11.4 Å². The number of aromatic nitrogens is 1. The summed E-state index contributed by atoms with van der Waals surface area (Å²) >= 11 is 0. The maximum atomic E-state index is 12.9. The van der Waals surface area contributed by atoms with E-state index in [1.54, 1.807) is 43.5 Å². The first-order valence-electron chi connectivity index (χ1n) is 6.96. The molecule has 1 aliphatic heterocycles. The predicted molar refractivity (Wildman–Crippen MR) is 80.4 cm³/mol. The van der Waals surface area contributed by atoms with Crippen LogP contribution in [0.5, 0.6) is 0 Å². The molecule has 0 aliphatic carbocycles. The van der Waals surface area contributed by atoms with E-state index < -0.39 is 15.6 Å². The first kappa shape index (κ1) is 14.4. The molecule has 1 atom stereocenters. The highest BCUT2D eigenvalue weighted by Crippen LogP contribution is 2.29. The van der Waals surface area contributed by atoms with Crippen LogP contribution < -0.4 is 0 Å². The largest absolute Gasteiger partial charge is 0.389 e. The fourth-order valence-electron chi connectivity index (χ4n) is 2.82. The Bertz CT molecular complexity index is 766. The van der Waals surface area contributed by atoms with Gasteiger partial charge in [-0.1, -0.05) is 6.07 Å². The minimum Gasteiger partial charge on any atom is -0.389 e. The summed E-state index contributed by atoms with van der Waals surface area (Å²) in [5, 5.41) is 10.8. The maximum absolute atomic E-state index is 12.9. The lowest BCUT2D eigenvalue weighted by Gasteiger charge is -2.36. The molecule has 112 valence electrons. The van der Waals surface area contributed by atoms with Crippen molar-refractivity contribution in [1.29, 1.82) is 0 Å². The number of benzene rings is 1. The number of nitrogens with zero attached hydrogens (tertiary/aromatic N) is 2. The molecule has 3 rings (SSSR count). The fraction of sp³-hybridized carbons (Fsp3) is 0.400. The highest BCUT2D eigenvalue weighted by atomic mass is 32.2. The summed E-state index contributed by atoms with van der Waals surface area (Å²) in [6.07, 6.45) is 2.93. The Balaban J connectivity index is 2.09. The van der Waals surface area contributed by atoms with Gasteiger partial charge < -0.3 is 5.11 Å². The van der Waals surface area contributed by atoms with Gasteiger partial charge in [-0.3, -0.25) is 4.98 Å². The lowest BCUT2D eigenvalue weighted by Crippen LogP contribution is -2.48. The topological polar surface area (TPSA) is 70.5 Å². The van der Waals surface area contributed by atoms with Crippen LogP contribution >= 0.6 is 0 Å². The van der Waals surface area contributed by atoms with Crippen LogP contribution in [0.2, 0.25) is 0 Å².